The van der Waals surface area contributed by atoms with Gasteiger partial charge in [-0.1, -0.05) is 18.6 Å². The summed E-state index contributed by atoms with van der Waals surface area (Å²) in [6.45, 7) is 2.70. The van der Waals surface area contributed by atoms with E-state index in [2.05, 4.69) is 5.32 Å². The second kappa shape index (κ2) is 9.49. The van der Waals surface area contributed by atoms with Gasteiger partial charge in [-0.2, -0.15) is 4.31 Å². The van der Waals surface area contributed by atoms with Gasteiger partial charge in [0.1, 0.15) is 16.4 Å². The number of carbonyl (C=O) groups is 1. The number of rotatable bonds is 7. The van der Waals surface area contributed by atoms with Gasteiger partial charge in [0.25, 0.3) is 5.91 Å². The quantitative estimate of drug-likeness (QED) is 0.726. The van der Waals surface area contributed by atoms with Gasteiger partial charge in [-0.15, -0.1) is 0 Å². The van der Waals surface area contributed by atoms with Crippen LogP contribution in [0.3, 0.4) is 0 Å². The normalized spacial score (nSPS) is 17.4. The van der Waals surface area contributed by atoms with Crippen LogP contribution in [0.15, 0.2) is 47.4 Å². The molecule has 3 rings (SSSR count). The number of carbonyl (C=O) groups excluding carboxylic acids is 1. The van der Waals surface area contributed by atoms with E-state index in [0.29, 0.717) is 13.1 Å². The van der Waals surface area contributed by atoms with E-state index < -0.39 is 10.0 Å². The highest BCUT2D eigenvalue weighted by Gasteiger charge is 2.33. The van der Waals surface area contributed by atoms with Crippen LogP contribution in [0.4, 0.5) is 0 Å². The first-order valence-electron chi connectivity index (χ1n) is 9.98. The van der Waals surface area contributed by atoms with E-state index in [0.717, 1.165) is 30.6 Å². The third kappa shape index (κ3) is 4.76. The van der Waals surface area contributed by atoms with Gasteiger partial charge >= 0.3 is 0 Å². The topological polar surface area (TPSA) is 84.9 Å². The number of methoxy groups -OCH3 is 2. The lowest BCUT2D eigenvalue weighted by Crippen LogP contribution is -2.42. The standard InChI is InChI=1S/C22H28N2O5S/c1-16-6-4-5-13-24(16)30(26,27)21-14-18(9-12-20(21)29-3)22(25)23-15-17-7-10-19(28-2)11-8-17/h7-12,14,16H,4-6,13,15H2,1-3H3,(H,23,25)/t16-/m0/s1. The van der Waals surface area contributed by atoms with Crippen molar-refractivity contribution in [2.45, 2.75) is 43.7 Å². The Bertz CT molecular complexity index is 989. The summed E-state index contributed by atoms with van der Waals surface area (Å²) in [6.07, 6.45) is 2.66. The fourth-order valence-corrected chi connectivity index (χ4v) is 5.49. The lowest BCUT2D eigenvalue weighted by atomic mass is 10.1. The van der Waals surface area contributed by atoms with Gasteiger partial charge in [0, 0.05) is 24.7 Å². The van der Waals surface area contributed by atoms with Crippen molar-refractivity contribution in [3.63, 3.8) is 0 Å². The highest BCUT2D eigenvalue weighted by molar-refractivity contribution is 7.89. The van der Waals surface area contributed by atoms with Gasteiger partial charge in [0.2, 0.25) is 10.0 Å². The number of hydrogen-bond acceptors (Lipinski definition) is 5. The molecular weight excluding hydrogens is 404 g/mol. The third-order valence-electron chi connectivity index (χ3n) is 5.37. The van der Waals surface area contributed by atoms with Crippen LogP contribution in [0.5, 0.6) is 11.5 Å². The number of benzene rings is 2. The third-order valence-corrected chi connectivity index (χ3v) is 7.40. The lowest BCUT2D eigenvalue weighted by molar-refractivity contribution is 0.0950. The second-order valence-electron chi connectivity index (χ2n) is 7.36. The van der Waals surface area contributed by atoms with Crippen LogP contribution in [0.2, 0.25) is 0 Å². The SMILES string of the molecule is COc1ccc(CNC(=O)c2ccc(OC)c(S(=O)(=O)N3CCCC[C@@H]3C)c2)cc1. The Morgan fingerprint density at radius 3 is 2.47 bits per heavy atom. The molecule has 1 amide bonds. The van der Waals surface area contributed by atoms with E-state index in [-0.39, 0.29) is 28.2 Å². The fourth-order valence-electron chi connectivity index (χ4n) is 3.60. The molecule has 7 nitrogen and oxygen atoms in total. The number of piperidine rings is 1. The number of nitrogens with zero attached hydrogens (tertiary/aromatic N) is 1. The summed E-state index contributed by atoms with van der Waals surface area (Å²) >= 11 is 0. The first-order valence-corrected chi connectivity index (χ1v) is 11.4. The molecule has 0 aliphatic carbocycles. The van der Waals surface area contributed by atoms with Crippen molar-refractivity contribution in [3.05, 3.63) is 53.6 Å². The van der Waals surface area contributed by atoms with Crippen molar-refractivity contribution < 1.29 is 22.7 Å². The zero-order chi connectivity index (χ0) is 21.7. The maximum atomic E-state index is 13.3. The highest BCUT2D eigenvalue weighted by atomic mass is 32.2. The Morgan fingerprint density at radius 2 is 1.83 bits per heavy atom. The van der Waals surface area contributed by atoms with Crippen molar-refractivity contribution in [1.29, 1.82) is 0 Å². The zero-order valence-corrected chi connectivity index (χ0v) is 18.4. The maximum Gasteiger partial charge on any atom is 0.251 e. The molecule has 1 atom stereocenters. The Balaban J connectivity index is 1.81. The predicted octanol–water partition coefficient (Wildman–Crippen LogP) is 3.20. The van der Waals surface area contributed by atoms with E-state index in [1.165, 1.54) is 23.5 Å². The molecule has 30 heavy (non-hydrogen) atoms. The van der Waals surface area contributed by atoms with E-state index in [1.54, 1.807) is 13.2 Å². The molecular formula is C22H28N2O5S. The van der Waals surface area contributed by atoms with Crippen LogP contribution in [-0.2, 0) is 16.6 Å². The molecule has 1 N–H and O–H groups in total. The maximum absolute atomic E-state index is 13.3. The fraction of sp³-hybridized carbons (Fsp3) is 0.409. The van der Waals surface area contributed by atoms with E-state index in [4.69, 9.17) is 9.47 Å². The summed E-state index contributed by atoms with van der Waals surface area (Å²) < 4.78 is 38.5. The molecule has 162 valence electrons. The second-order valence-corrected chi connectivity index (χ2v) is 9.22. The molecule has 1 heterocycles. The Kier molecular flexibility index (Phi) is 6.99. The molecule has 2 aromatic carbocycles. The number of ether oxygens (including phenoxy) is 2. The number of nitrogens with one attached hydrogen (secondary N) is 1. The van der Waals surface area contributed by atoms with Crippen molar-refractivity contribution in [1.82, 2.24) is 9.62 Å². The molecule has 0 spiro atoms. The van der Waals surface area contributed by atoms with E-state index in [9.17, 15) is 13.2 Å². The number of sulfonamides is 1. The molecule has 0 aromatic heterocycles. The summed E-state index contributed by atoms with van der Waals surface area (Å²) in [7, 11) is -0.748. The largest absolute Gasteiger partial charge is 0.497 e. The van der Waals surface area contributed by atoms with Crippen molar-refractivity contribution in [2.75, 3.05) is 20.8 Å². The summed E-state index contributed by atoms with van der Waals surface area (Å²) in [6, 6.07) is 11.8. The van der Waals surface area contributed by atoms with Crippen LogP contribution in [0, 0.1) is 0 Å². The lowest BCUT2D eigenvalue weighted by Gasteiger charge is -2.32. The minimum Gasteiger partial charge on any atom is -0.497 e. The summed E-state index contributed by atoms with van der Waals surface area (Å²) in [5.74, 6) is 0.623. The summed E-state index contributed by atoms with van der Waals surface area (Å²) in [5.41, 5.74) is 1.18. The first-order chi connectivity index (χ1) is 14.4. The highest BCUT2D eigenvalue weighted by Crippen LogP contribution is 2.31. The average Bonchev–Trinajstić information content (AvgIpc) is 2.77. The Hall–Kier alpha value is -2.58. The van der Waals surface area contributed by atoms with Crippen molar-refractivity contribution in [3.8, 4) is 11.5 Å². The molecule has 8 heteroatoms. The van der Waals surface area contributed by atoms with Gasteiger partial charge in [-0.05, 0) is 55.7 Å². The molecule has 0 bridgehead atoms. The van der Waals surface area contributed by atoms with Crippen LogP contribution < -0.4 is 14.8 Å². The molecule has 1 fully saturated rings. The van der Waals surface area contributed by atoms with Crippen LogP contribution in [0.1, 0.15) is 42.1 Å². The molecule has 0 saturated carbocycles. The van der Waals surface area contributed by atoms with Crippen molar-refractivity contribution in [2.24, 2.45) is 0 Å². The van der Waals surface area contributed by atoms with E-state index >= 15 is 0 Å². The molecule has 1 aliphatic rings. The van der Waals surface area contributed by atoms with Crippen LogP contribution in [0.25, 0.3) is 0 Å². The van der Waals surface area contributed by atoms with Gasteiger partial charge in [0.05, 0.1) is 14.2 Å². The minimum absolute atomic E-state index is 0.0239. The number of hydrogen-bond donors (Lipinski definition) is 1. The Morgan fingerprint density at radius 1 is 1.10 bits per heavy atom. The smallest absolute Gasteiger partial charge is 0.251 e. The summed E-state index contributed by atoms with van der Waals surface area (Å²) in [4.78, 5) is 12.7. The molecule has 1 aliphatic heterocycles. The van der Waals surface area contributed by atoms with Gasteiger partial charge in [-0.3, -0.25) is 4.79 Å². The Labute approximate surface area is 178 Å². The van der Waals surface area contributed by atoms with Gasteiger partial charge in [-0.25, -0.2) is 8.42 Å². The number of amides is 1. The molecule has 0 unspecified atom stereocenters. The van der Waals surface area contributed by atoms with Crippen LogP contribution >= 0.6 is 0 Å². The molecule has 1 saturated heterocycles. The van der Waals surface area contributed by atoms with Crippen molar-refractivity contribution >= 4 is 15.9 Å². The minimum atomic E-state index is -3.77. The summed E-state index contributed by atoms with van der Waals surface area (Å²) in [5, 5.41) is 2.83. The van der Waals surface area contributed by atoms with Crippen LogP contribution in [-0.4, -0.2) is 45.4 Å². The van der Waals surface area contributed by atoms with E-state index in [1.807, 2.05) is 31.2 Å². The monoisotopic (exact) mass is 432 g/mol. The molecule has 0 radical (unpaired) electrons. The average molecular weight is 433 g/mol. The molecule has 2 aromatic rings. The zero-order valence-electron chi connectivity index (χ0n) is 17.6. The van der Waals surface area contributed by atoms with Gasteiger partial charge in [0.15, 0.2) is 0 Å². The predicted molar refractivity (Wildman–Crippen MR) is 114 cm³/mol. The van der Waals surface area contributed by atoms with Gasteiger partial charge < -0.3 is 14.8 Å². The first kappa shape index (κ1) is 22.1.